The molecule has 19 heteroatoms. The fraction of sp³-hybridized carbons (Fsp3) is 0.290. The number of nitrogens with two attached hydrogens (primary N) is 1. The molecular formula is C62H62F4N8O7. The number of amides is 5. The number of nitrogens with zero attached hydrogens (tertiary/aromatic N) is 4. The maximum Gasteiger partial charge on any atom is 0.329 e. The Morgan fingerprint density at radius 2 is 0.926 bits per heavy atom. The number of anilines is 2. The van der Waals surface area contributed by atoms with Gasteiger partial charge in [-0.15, -0.1) is 0 Å². The third kappa shape index (κ3) is 14.1. The van der Waals surface area contributed by atoms with Crippen LogP contribution < -0.4 is 31.5 Å². The number of likely N-dealkylation sites (N-methyl/N-ethyl adjacent to an activating group) is 2. The number of rotatable bonds is 11. The number of fused-ring (bicyclic) bond motifs is 2. The first kappa shape index (κ1) is 58.3. The molecular weight excluding hydrogens is 1040 g/mol. The van der Waals surface area contributed by atoms with Crippen molar-refractivity contribution >= 4 is 58.3 Å². The predicted molar refractivity (Wildman–Crippen MR) is 299 cm³/mol. The van der Waals surface area contributed by atoms with Crippen LogP contribution in [0.5, 0.6) is 0 Å². The summed E-state index contributed by atoms with van der Waals surface area (Å²) in [5, 5.41) is 17.6. The van der Waals surface area contributed by atoms with Crippen LogP contribution in [0.25, 0.3) is 0 Å². The number of carbonyl (C=O) groups excluding carboxylic acids is 5. The van der Waals surface area contributed by atoms with Crippen LogP contribution in [0.15, 0.2) is 156 Å². The highest BCUT2D eigenvalue weighted by Crippen LogP contribution is 2.33. The number of carboxylic acid groups (broad SMARTS) is 1. The summed E-state index contributed by atoms with van der Waals surface area (Å²) in [6, 6.07) is 40.1. The third-order valence-electron chi connectivity index (χ3n) is 14.7. The highest BCUT2D eigenvalue weighted by Gasteiger charge is 2.44. The van der Waals surface area contributed by atoms with E-state index in [1.807, 2.05) is 109 Å². The number of hydrogen-bond acceptors (Lipinski definition) is 9. The molecule has 0 spiro atoms. The van der Waals surface area contributed by atoms with Crippen LogP contribution in [0.4, 0.5) is 28.9 Å². The van der Waals surface area contributed by atoms with Crippen LogP contribution in [-0.2, 0) is 41.6 Å². The maximum atomic E-state index is 13.9. The second kappa shape index (κ2) is 26.0. The number of nitrogens with one attached hydrogen (secondary N) is 3. The summed E-state index contributed by atoms with van der Waals surface area (Å²) in [5.74, 6) is -6.35. The molecule has 2 saturated carbocycles. The van der Waals surface area contributed by atoms with Crippen molar-refractivity contribution in [3.63, 3.8) is 0 Å². The molecule has 0 saturated heterocycles. The van der Waals surface area contributed by atoms with Crippen molar-refractivity contribution in [2.24, 2.45) is 15.7 Å². The Balaban J connectivity index is 0.000000176. The van der Waals surface area contributed by atoms with E-state index in [9.17, 15) is 51.4 Å². The maximum absolute atomic E-state index is 13.9. The number of aliphatic carboxylic acids is 1. The van der Waals surface area contributed by atoms with Gasteiger partial charge < -0.3 is 36.6 Å². The lowest BCUT2D eigenvalue weighted by Gasteiger charge is -2.37. The molecule has 6 N–H and O–H groups in total. The molecule has 0 bridgehead atoms. The van der Waals surface area contributed by atoms with Crippen molar-refractivity contribution in [2.75, 3.05) is 23.9 Å². The molecule has 2 aliphatic carbocycles. The van der Waals surface area contributed by atoms with Gasteiger partial charge >= 0.3 is 5.97 Å². The Hall–Kier alpha value is -8.84. The lowest BCUT2D eigenvalue weighted by Crippen LogP contribution is -2.62. The molecule has 0 radical (unpaired) electrons. The molecule has 6 aromatic carbocycles. The predicted octanol–water partition coefficient (Wildman–Crippen LogP) is 8.48. The number of carbonyl (C=O) groups is 6. The van der Waals surface area contributed by atoms with Gasteiger partial charge in [0.1, 0.15) is 34.3 Å². The monoisotopic (exact) mass is 1110 g/mol. The molecule has 10 rings (SSSR count). The number of halogens is 4. The summed E-state index contributed by atoms with van der Waals surface area (Å²) < 4.78 is 53.5. The standard InChI is InChI=1S/C31H30F2N4O3.C16H15N3O.C15H17F2NO3/c1-37-25-13-7-6-12-24(25)27(21-10-4-2-5-11-21)34-28(29(37)39)35-30(40)31(14-8-3-9-15-31)36-26(38)18-20-16-22(32)19-23(33)17-20;1-19-13-10-6-5-9-12(13)14(18-15(17)16(19)20)11-7-3-2-4-8-11;16-11-6-10(7-12(17)9-11)8-13(19)18-15(14(20)21)4-2-1-3-5-15/h2,4-7,10-13,16-17,19,28H,3,8-9,14-15,18H2,1H3,(H,35,40)(H,36,38);2-10,15H,17H2,1H3;6-7,9H,1-5,8H2,(H,18,19)(H,20,21)/t28-;15-;/m10./s1. The van der Waals surface area contributed by atoms with Crippen LogP contribution in [-0.4, -0.2) is 89.5 Å². The van der Waals surface area contributed by atoms with Crippen molar-refractivity contribution in [1.29, 1.82) is 0 Å². The van der Waals surface area contributed by atoms with Gasteiger partial charge in [-0.05, 0) is 73.2 Å². The summed E-state index contributed by atoms with van der Waals surface area (Å²) in [4.78, 5) is 88.3. The summed E-state index contributed by atoms with van der Waals surface area (Å²) in [5.41, 5.74) is 9.95. The van der Waals surface area contributed by atoms with Crippen LogP contribution >= 0.6 is 0 Å². The van der Waals surface area contributed by atoms with Gasteiger partial charge in [0.15, 0.2) is 6.17 Å². The first-order valence-electron chi connectivity index (χ1n) is 26.7. The molecule has 2 heterocycles. The van der Waals surface area contributed by atoms with E-state index < -0.39 is 76.3 Å². The van der Waals surface area contributed by atoms with Crippen LogP contribution in [0.1, 0.15) is 97.6 Å². The number of benzene rings is 6. The van der Waals surface area contributed by atoms with Gasteiger partial charge in [0.2, 0.25) is 23.9 Å². The summed E-state index contributed by atoms with van der Waals surface area (Å²) in [7, 11) is 3.37. The minimum Gasteiger partial charge on any atom is -0.480 e. The Morgan fingerprint density at radius 3 is 1.37 bits per heavy atom. The van der Waals surface area contributed by atoms with Gasteiger partial charge in [0, 0.05) is 48.5 Å². The highest BCUT2D eigenvalue weighted by molar-refractivity contribution is 6.21. The molecule has 0 aromatic heterocycles. The van der Waals surface area contributed by atoms with Crippen LogP contribution in [0.3, 0.4) is 0 Å². The largest absolute Gasteiger partial charge is 0.480 e. The number of carboxylic acids is 1. The summed E-state index contributed by atoms with van der Waals surface area (Å²) >= 11 is 0. The first-order chi connectivity index (χ1) is 38.8. The van der Waals surface area contributed by atoms with Gasteiger partial charge in [-0.2, -0.15) is 0 Å². The Labute approximate surface area is 466 Å². The number of benzodiazepines with no additional fused rings is 2. The molecule has 15 nitrogen and oxygen atoms in total. The zero-order valence-electron chi connectivity index (χ0n) is 44.8. The van der Waals surface area contributed by atoms with Crippen molar-refractivity contribution in [3.8, 4) is 0 Å². The topological polar surface area (TPSA) is 216 Å². The molecule has 2 atom stereocenters. The number of para-hydroxylation sites is 2. The van der Waals surface area contributed by atoms with Crippen LogP contribution in [0.2, 0.25) is 0 Å². The van der Waals surface area contributed by atoms with Gasteiger partial charge in [-0.25, -0.2) is 27.3 Å². The average molecular weight is 1110 g/mol. The number of hydrogen-bond donors (Lipinski definition) is 5. The molecule has 6 aromatic rings. The normalized spacial score (nSPS) is 18.0. The average Bonchev–Trinajstić information content (AvgIpc) is 3.72. The van der Waals surface area contributed by atoms with Crippen molar-refractivity contribution < 1.29 is 51.4 Å². The molecule has 5 amide bonds. The Bertz CT molecular complexity index is 3330. The first-order valence-corrected chi connectivity index (χ1v) is 26.7. The van der Waals surface area contributed by atoms with E-state index in [-0.39, 0.29) is 29.9 Å². The van der Waals surface area contributed by atoms with E-state index >= 15 is 0 Å². The molecule has 2 fully saturated rings. The second-order valence-corrected chi connectivity index (χ2v) is 20.4. The second-order valence-electron chi connectivity index (χ2n) is 20.4. The fourth-order valence-electron chi connectivity index (χ4n) is 10.6. The molecule has 4 aliphatic rings. The van der Waals surface area contributed by atoms with Gasteiger partial charge in [0.25, 0.3) is 11.8 Å². The number of aliphatic imine (C=N–C) groups is 2. The molecule has 2 aliphatic heterocycles. The Morgan fingerprint density at radius 1 is 0.543 bits per heavy atom. The van der Waals surface area contributed by atoms with Gasteiger partial charge in [-0.1, -0.05) is 136 Å². The minimum atomic E-state index is -1.28. The van der Waals surface area contributed by atoms with E-state index in [1.54, 1.807) is 19.0 Å². The summed E-state index contributed by atoms with van der Waals surface area (Å²) in [6.45, 7) is 0. The van der Waals surface area contributed by atoms with Crippen molar-refractivity contribution in [3.05, 3.63) is 202 Å². The van der Waals surface area contributed by atoms with Crippen molar-refractivity contribution in [1.82, 2.24) is 16.0 Å². The quantitative estimate of drug-likeness (QED) is 0.0792. The molecule has 81 heavy (non-hydrogen) atoms. The fourth-order valence-corrected chi connectivity index (χ4v) is 10.6. The zero-order valence-corrected chi connectivity index (χ0v) is 44.8. The summed E-state index contributed by atoms with van der Waals surface area (Å²) in [6.07, 6.45) is 3.58. The van der Waals surface area contributed by atoms with E-state index in [2.05, 4.69) is 20.9 Å². The molecule has 420 valence electrons. The van der Waals surface area contributed by atoms with E-state index in [4.69, 9.17) is 10.7 Å². The zero-order chi connectivity index (χ0) is 57.8. The SMILES string of the molecule is CN1C(=O)[C@@H](N)N=C(c2ccccc2)c2ccccc21.CN1C(=O)[C@@H](NC(=O)C2(NC(=O)Cc3cc(F)cc(F)c3)CCCCC2)N=C(c2ccccc2)c2ccccc21.O=C(Cc1cc(F)cc(F)c1)NC1(C(=O)O)CCCCC1. The highest BCUT2D eigenvalue weighted by atomic mass is 19.1. The van der Waals surface area contributed by atoms with E-state index in [1.165, 1.54) is 4.90 Å². The lowest BCUT2D eigenvalue weighted by molar-refractivity contribution is -0.149. The van der Waals surface area contributed by atoms with Gasteiger partial charge in [-0.3, -0.25) is 29.0 Å². The lowest BCUT2D eigenvalue weighted by atomic mass is 9.80. The molecule has 0 unspecified atom stereocenters. The van der Waals surface area contributed by atoms with Crippen molar-refractivity contribution in [2.45, 2.75) is 100 Å². The third-order valence-corrected chi connectivity index (χ3v) is 14.7. The van der Waals surface area contributed by atoms with E-state index in [0.29, 0.717) is 49.9 Å². The smallest absolute Gasteiger partial charge is 0.329 e. The minimum absolute atomic E-state index is 0.164. The Kier molecular flexibility index (Phi) is 18.7. The van der Waals surface area contributed by atoms with E-state index in [0.717, 1.165) is 95.7 Å². The van der Waals surface area contributed by atoms with Gasteiger partial charge in [0.05, 0.1) is 35.6 Å². The van der Waals surface area contributed by atoms with Crippen LogP contribution in [0, 0.1) is 23.3 Å².